The second-order valence-electron chi connectivity index (χ2n) is 3.54. The first-order valence-corrected chi connectivity index (χ1v) is 6.25. The molecule has 0 aromatic heterocycles. The van der Waals surface area contributed by atoms with E-state index in [4.69, 9.17) is 0 Å². The number of thiol groups is 2. The van der Waals surface area contributed by atoms with E-state index >= 15 is 0 Å². The van der Waals surface area contributed by atoms with E-state index in [2.05, 4.69) is 55.9 Å². The third-order valence-electron chi connectivity index (χ3n) is 2.08. The summed E-state index contributed by atoms with van der Waals surface area (Å²) in [5, 5.41) is 3.24. The number of rotatable bonds is 8. The van der Waals surface area contributed by atoms with Gasteiger partial charge in [0.1, 0.15) is 0 Å². The molecule has 0 fully saturated rings. The summed E-state index contributed by atoms with van der Waals surface area (Å²) < 4.78 is 0. The van der Waals surface area contributed by atoms with Crippen LogP contribution < -0.4 is 5.32 Å². The highest BCUT2D eigenvalue weighted by Gasteiger charge is 2.07. The first-order chi connectivity index (χ1) is 6.61. The SMILES string of the molecule is C=C(CS)NCCN(CCS)C(C)C. The molecule has 0 spiro atoms. The lowest BCUT2D eigenvalue weighted by Gasteiger charge is -2.26. The topological polar surface area (TPSA) is 15.3 Å². The van der Waals surface area contributed by atoms with Crippen molar-refractivity contribution >= 4 is 25.3 Å². The molecule has 84 valence electrons. The van der Waals surface area contributed by atoms with Crippen molar-refractivity contribution in [1.82, 2.24) is 10.2 Å². The van der Waals surface area contributed by atoms with E-state index in [0.29, 0.717) is 11.8 Å². The molecule has 0 heterocycles. The molecule has 1 N–H and O–H groups in total. The fraction of sp³-hybridized carbons (Fsp3) is 0.800. The molecule has 0 aliphatic carbocycles. The molecule has 0 amide bonds. The summed E-state index contributed by atoms with van der Waals surface area (Å²) >= 11 is 8.38. The van der Waals surface area contributed by atoms with Crippen LogP contribution in [0.4, 0.5) is 0 Å². The van der Waals surface area contributed by atoms with Crippen LogP contribution in [0.25, 0.3) is 0 Å². The second-order valence-corrected chi connectivity index (χ2v) is 4.31. The maximum atomic E-state index is 4.24. The molecule has 0 aromatic rings. The zero-order valence-corrected chi connectivity index (χ0v) is 11.0. The summed E-state index contributed by atoms with van der Waals surface area (Å²) in [6, 6.07) is 0.577. The van der Waals surface area contributed by atoms with Gasteiger partial charge in [0.2, 0.25) is 0 Å². The van der Waals surface area contributed by atoms with Crippen molar-refractivity contribution in [3.05, 3.63) is 12.3 Å². The Balaban J connectivity index is 3.65. The number of hydrogen-bond acceptors (Lipinski definition) is 4. The van der Waals surface area contributed by atoms with Crippen molar-refractivity contribution in [2.24, 2.45) is 0 Å². The Kier molecular flexibility index (Phi) is 8.63. The highest BCUT2D eigenvalue weighted by molar-refractivity contribution is 7.80. The molecule has 0 aliphatic heterocycles. The van der Waals surface area contributed by atoms with E-state index in [-0.39, 0.29) is 0 Å². The lowest BCUT2D eigenvalue weighted by atomic mass is 10.3. The molecule has 0 atom stereocenters. The van der Waals surface area contributed by atoms with Gasteiger partial charge in [0.25, 0.3) is 0 Å². The van der Waals surface area contributed by atoms with Gasteiger partial charge in [0.05, 0.1) is 0 Å². The molecule has 0 rings (SSSR count). The first kappa shape index (κ1) is 14.2. The second kappa shape index (κ2) is 8.50. The molecule has 0 saturated carbocycles. The quantitative estimate of drug-likeness (QED) is 0.554. The van der Waals surface area contributed by atoms with Gasteiger partial charge < -0.3 is 5.32 Å². The van der Waals surface area contributed by atoms with Gasteiger partial charge in [-0.1, -0.05) is 6.58 Å². The van der Waals surface area contributed by atoms with E-state index in [1.165, 1.54) is 0 Å². The van der Waals surface area contributed by atoms with Crippen LogP contribution in [0, 0.1) is 0 Å². The molecule has 0 aliphatic rings. The van der Waals surface area contributed by atoms with E-state index < -0.39 is 0 Å². The van der Waals surface area contributed by atoms with Crippen LogP contribution in [-0.2, 0) is 0 Å². The van der Waals surface area contributed by atoms with Crippen LogP contribution in [0.2, 0.25) is 0 Å². The standard InChI is InChI=1S/C10H22N2S2/c1-9(2)12(6-7-13)5-4-11-10(3)8-14/h9,11,13-14H,3-8H2,1-2H3. The van der Waals surface area contributed by atoms with E-state index in [9.17, 15) is 0 Å². The highest BCUT2D eigenvalue weighted by Crippen LogP contribution is 1.97. The Hall–Kier alpha value is 0.200. The normalized spacial score (nSPS) is 11.0. The molecule has 0 saturated heterocycles. The van der Waals surface area contributed by atoms with Gasteiger partial charge in [-0.25, -0.2) is 0 Å². The molecule has 0 aromatic carbocycles. The molecule has 4 heteroatoms. The summed E-state index contributed by atoms with van der Waals surface area (Å²) in [5.74, 6) is 1.61. The minimum absolute atomic E-state index is 0.577. The van der Waals surface area contributed by atoms with Crippen LogP contribution in [-0.4, -0.2) is 42.1 Å². The average molecular weight is 234 g/mol. The highest BCUT2D eigenvalue weighted by atomic mass is 32.1. The predicted molar refractivity (Wildman–Crippen MR) is 71.6 cm³/mol. The molecular weight excluding hydrogens is 212 g/mol. The third kappa shape index (κ3) is 6.62. The summed E-state index contributed by atoms with van der Waals surface area (Å²) in [7, 11) is 0. The fourth-order valence-corrected chi connectivity index (χ4v) is 1.56. The van der Waals surface area contributed by atoms with Crippen LogP contribution in [0.3, 0.4) is 0 Å². The van der Waals surface area contributed by atoms with Gasteiger partial charge >= 0.3 is 0 Å². The number of nitrogens with one attached hydrogen (secondary N) is 1. The van der Waals surface area contributed by atoms with Gasteiger partial charge in [0.15, 0.2) is 0 Å². The number of hydrogen-bond donors (Lipinski definition) is 3. The smallest absolute Gasteiger partial charge is 0.0296 e. The Bertz CT molecular complexity index is 160. The molecule has 0 radical (unpaired) electrons. The van der Waals surface area contributed by atoms with Crippen molar-refractivity contribution in [2.75, 3.05) is 31.1 Å². The lowest BCUT2D eigenvalue weighted by Crippen LogP contribution is -2.38. The largest absolute Gasteiger partial charge is 0.387 e. The van der Waals surface area contributed by atoms with Gasteiger partial charge in [-0.05, 0) is 13.8 Å². The summed E-state index contributed by atoms with van der Waals surface area (Å²) in [6.07, 6.45) is 0. The summed E-state index contributed by atoms with van der Waals surface area (Å²) in [5.41, 5.74) is 0.989. The Morgan fingerprint density at radius 3 is 2.43 bits per heavy atom. The first-order valence-electron chi connectivity index (χ1n) is 4.99. The van der Waals surface area contributed by atoms with Crippen molar-refractivity contribution in [1.29, 1.82) is 0 Å². The predicted octanol–water partition coefficient (Wildman–Crippen LogP) is 1.66. The maximum absolute atomic E-state index is 4.24. The van der Waals surface area contributed by atoms with Gasteiger partial charge in [0, 0.05) is 42.9 Å². The zero-order valence-electron chi connectivity index (χ0n) is 9.16. The molecule has 14 heavy (non-hydrogen) atoms. The maximum Gasteiger partial charge on any atom is 0.0296 e. The summed E-state index contributed by atoms with van der Waals surface area (Å²) in [6.45, 7) is 11.3. The van der Waals surface area contributed by atoms with Crippen molar-refractivity contribution in [2.45, 2.75) is 19.9 Å². The molecule has 0 unspecified atom stereocenters. The number of nitrogens with zero attached hydrogens (tertiary/aromatic N) is 1. The lowest BCUT2D eigenvalue weighted by molar-refractivity contribution is 0.238. The average Bonchev–Trinajstić information content (AvgIpc) is 2.16. The Morgan fingerprint density at radius 1 is 1.36 bits per heavy atom. The minimum Gasteiger partial charge on any atom is -0.387 e. The zero-order chi connectivity index (χ0) is 11.0. The van der Waals surface area contributed by atoms with Crippen molar-refractivity contribution in [3.63, 3.8) is 0 Å². The Morgan fingerprint density at radius 2 is 2.00 bits per heavy atom. The third-order valence-corrected chi connectivity index (χ3v) is 2.66. The van der Waals surface area contributed by atoms with Gasteiger partial charge in [-0.2, -0.15) is 25.3 Å². The fourth-order valence-electron chi connectivity index (χ4n) is 1.19. The monoisotopic (exact) mass is 234 g/mol. The van der Waals surface area contributed by atoms with Gasteiger partial charge in [-0.15, -0.1) is 0 Å². The van der Waals surface area contributed by atoms with Crippen LogP contribution in [0.1, 0.15) is 13.8 Å². The minimum atomic E-state index is 0.577. The van der Waals surface area contributed by atoms with E-state index in [0.717, 1.165) is 31.1 Å². The van der Waals surface area contributed by atoms with Crippen molar-refractivity contribution in [3.8, 4) is 0 Å². The van der Waals surface area contributed by atoms with Crippen LogP contribution >= 0.6 is 25.3 Å². The van der Waals surface area contributed by atoms with Crippen molar-refractivity contribution < 1.29 is 0 Å². The molecule has 0 bridgehead atoms. The molecule has 2 nitrogen and oxygen atoms in total. The van der Waals surface area contributed by atoms with Gasteiger partial charge in [-0.3, -0.25) is 4.90 Å². The van der Waals surface area contributed by atoms with Crippen LogP contribution in [0.5, 0.6) is 0 Å². The Labute approximate surface area is 99.0 Å². The molecular formula is C10H22N2S2. The van der Waals surface area contributed by atoms with Crippen LogP contribution in [0.15, 0.2) is 12.3 Å². The van der Waals surface area contributed by atoms with E-state index in [1.807, 2.05) is 0 Å². The summed E-state index contributed by atoms with van der Waals surface area (Å²) in [4.78, 5) is 2.39. The van der Waals surface area contributed by atoms with E-state index in [1.54, 1.807) is 0 Å².